The molecule has 0 spiro atoms. The molecule has 12 nitrogen and oxygen atoms in total. The maximum Gasteiger partial charge on any atom is 0.335 e. The number of ether oxygens (including phenoxy) is 2. The monoisotopic (exact) mass is 544 g/mol. The van der Waals surface area contributed by atoms with Crippen LogP contribution in [0.3, 0.4) is 0 Å². The van der Waals surface area contributed by atoms with Crippen molar-refractivity contribution in [1.29, 1.82) is 0 Å². The van der Waals surface area contributed by atoms with E-state index in [0.717, 1.165) is 17.2 Å². The Morgan fingerprint density at radius 1 is 1.05 bits per heavy atom. The number of nitro groups is 1. The molecule has 12 heteroatoms. The Balaban J connectivity index is 1.52. The number of hydrogen-bond acceptors (Lipinski definition) is 8. The Bertz CT molecular complexity index is 1580. The van der Waals surface area contributed by atoms with Crippen molar-refractivity contribution in [3.63, 3.8) is 0 Å². The number of rotatable bonds is 8. The number of carbonyl (C=O) groups excluding carboxylic acids is 4. The van der Waals surface area contributed by atoms with Gasteiger partial charge in [-0.2, -0.15) is 0 Å². The molecule has 1 aliphatic rings. The zero-order valence-corrected chi connectivity index (χ0v) is 21.7. The number of hydrogen-bond donors (Lipinski definition) is 2. The average Bonchev–Trinajstić information content (AvgIpc) is 2.91. The molecule has 1 saturated heterocycles. The number of nitrogens with zero attached hydrogens (tertiary/aromatic N) is 2. The number of amides is 5. The zero-order valence-electron chi connectivity index (χ0n) is 21.7. The quantitative estimate of drug-likeness (QED) is 0.187. The largest absolute Gasteiger partial charge is 0.493 e. The standard InChI is InChI=1S/C28H24N4O8/c1-16-7-9-22(17(2)11-16)29-25(33)15-40-23-10-8-18(13-24(23)39-3)12-21-26(34)30-28(36)31(27(21)35)19-5-4-6-20(14-19)32(37)38/h4-14H,15H2,1-3H3,(H,29,33)(H,30,34,36)/b21-12-. The molecule has 3 aromatic carbocycles. The minimum absolute atomic E-state index is 0.0736. The molecule has 40 heavy (non-hydrogen) atoms. The second kappa shape index (κ2) is 11.5. The number of barbiturate groups is 1. The number of benzene rings is 3. The first-order valence-electron chi connectivity index (χ1n) is 11.9. The molecule has 0 bridgehead atoms. The van der Waals surface area contributed by atoms with E-state index in [9.17, 15) is 29.3 Å². The second-order valence-electron chi connectivity index (χ2n) is 8.80. The fourth-order valence-corrected chi connectivity index (χ4v) is 3.98. The van der Waals surface area contributed by atoms with E-state index < -0.39 is 22.8 Å². The van der Waals surface area contributed by atoms with Gasteiger partial charge < -0.3 is 14.8 Å². The van der Waals surface area contributed by atoms with Crippen molar-refractivity contribution >= 4 is 46.9 Å². The number of nitro benzene ring substituents is 1. The third-order valence-corrected chi connectivity index (χ3v) is 5.91. The Hall–Kier alpha value is -5.52. The van der Waals surface area contributed by atoms with Gasteiger partial charge in [0.1, 0.15) is 5.57 Å². The van der Waals surface area contributed by atoms with Crippen LogP contribution in [0, 0.1) is 24.0 Å². The third-order valence-electron chi connectivity index (χ3n) is 5.91. The van der Waals surface area contributed by atoms with Crippen molar-refractivity contribution in [2.45, 2.75) is 13.8 Å². The van der Waals surface area contributed by atoms with Crippen LogP contribution < -0.4 is 25.0 Å². The highest BCUT2D eigenvalue weighted by atomic mass is 16.6. The minimum atomic E-state index is -1.03. The Labute approximate surface area is 228 Å². The molecule has 0 aliphatic carbocycles. The maximum atomic E-state index is 13.1. The van der Waals surface area contributed by atoms with Crippen LogP contribution in [0.15, 0.2) is 66.2 Å². The Morgan fingerprint density at radius 3 is 2.52 bits per heavy atom. The van der Waals surface area contributed by atoms with Gasteiger partial charge in [-0.1, -0.05) is 29.8 Å². The summed E-state index contributed by atoms with van der Waals surface area (Å²) in [7, 11) is 1.38. The minimum Gasteiger partial charge on any atom is -0.493 e. The first-order chi connectivity index (χ1) is 19.1. The Morgan fingerprint density at radius 2 is 1.82 bits per heavy atom. The number of nitrogens with one attached hydrogen (secondary N) is 2. The van der Waals surface area contributed by atoms with Gasteiger partial charge in [0, 0.05) is 17.8 Å². The van der Waals surface area contributed by atoms with Crippen LogP contribution in [0.5, 0.6) is 11.5 Å². The van der Waals surface area contributed by atoms with E-state index in [-0.39, 0.29) is 41.0 Å². The molecule has 0 unspecified atom stereocenters. The lowest BCUT2D eigenvalue weighted by Crippen LogP contribution is -2.54. The highest BCUT2D eigenvalue weighted by Crippen LogP contribution is 2.30. The maximum absolute atomic E-state index is 13.1. The highest BCUT2D eigenvalue weighted by Gasteiger charge is 2.37. The van der Waals surface area contributed by atoms with E-state index in [1.54, 1.807) is 0 Å². The van der Waals surface area contributed by atoms with Crippen molar-refractivity contribution in [3.8, 4) is 11.5 Å². The fraction of sp³-hybridized carbons (Fsp3) is 0.143. The number of anilines is 2. The van der Waals surface area contributed by atoms with Crippen molar-refractivity contribution < 1.29 is 33.6 Å². The predicted molar refractivity (Wildman–Crippen MR) is 145 cm³/mol. The molecule has 1 fully saturated rings. The van der Waals surface area contributed by atoms with E-state index in [1.165, 1.54) is 49.6 Å². The summed E-state index contributed by atoms with van der Waals surface area (Å²) in [6.45, 7) is 3.54. The number of non-ortho nitro benzene ring substituents is 1. The topological polar surface area (TPSA) is 157 Å². The number of aryl methyl sites for hydroxylation is 2. The van der Waals surface area contributed by atoms with Crippen LogP contribution in [0.4, 0.5) is 21.9 Å². The number of imide groups is 2. The van der Waals surface area contributed by atoms with Crippen molar-refractivity contribution in [2.24, 2.45) is 0 Å². The van der Waals surface area contributed by atoms with E-state index in [2.05, 4.69) is 10.6 Å². The molecule has 0 saturated carbocycles. The lowest BCUT2D eigenvalue weighted by molar-refractivity contribution is -0.384. The highest BCUT2D eigenvalue weighted by molar-refractivity contribution is 6.39. The number of methoxy groups -OCH3 is 1. The molecule has 0 aromatic heterocycles. The molecule has 5 amide bonds. The summed E-state index contributed by atoms with van der Waals surface area (Å²) in [4.78, 5) is 61.6. The van der Waals surface area contributed by atoms with Crippen LogP contribution in [0.2, 0.25) is 0 Å². The van der Waals surface area contributed by atoms with Gasteiger partial charge in [0.25, 0.3) is 23.4 Å². The molecular weight excluding hydrogens is 520 g/mol. The lowest BCUT2D eigenvalue weighted by Gasteiger charge is -2.26. The summed E-state index contributed by atoms with van der Waals surface area (Å²) in [6, 6.07) is 14.0. The summed E-state index contributed by atoms with van der Waals surface area (Å²) in [5.74, 6) is -1.80. The average molecular weight is 545 g/mol. The summed E-state index contributed by atoms with van der Waals surface area (Å²) in [5, 5.41) is 16.0. The van der Waals surface area contributed by atoms with E-state index in [0.29, 0.717) is 16.2 Å². The van der Waals surface area contributed by atoms with Gasteiger partial charge in [0.05, 0.1) is 17.7 Å². The first-order valence-corrected chi connectivity index (χ1v) is 11.9. The van der Waals surface area contributed by atoms with Crippen LogP contribution in [0.1, 0.15) is 16.7 Å². The molecular formula is C28H24N4O8. The van der Waals surface area contributed by atoms with Crippen molar-refractivity contribution in [1.82, 2.24) is 5.32 Å². The van der Waals surface area contributed by atoms with Crippen LogP contribution in [-0.4, -0.2) is 42.4 Å². The summed E-state index contributed by atoms with van der Waals surface area (Å²) >= 11 is 0. The predicted octanol–water partition coefficient (Wildman–Crippen LogP) is 3.90. The lowest BCUT2D eigenvalue weighted by atomic mass is 10.1. The molecule has 0 radical (unpaired) electrons. The van der Waals surface area contributed by atoms with Crippen LogP contribution >= 0.6 is 0 Å². The summed E-state index contributed by atoms with van der Waals surface area (Å²) in [6.07, 6.45) is 1.24. The molecule has 1 heterocycles. The number of urea groups is 1. The van der Waals surface area contributed by atoms with Gasteiger partial charge in [-0.25, -0.2) is 9.69 Å². The molecule has 2 N–H and O–H groups in total. The van der Waals surface area contributed by atoms with Gasteiger partial charge in [-0.15, -0.1) is 0 Å². The molecule has 4 rings (SSSR count). The smallest absolute Gasteiger partial charge is 0.335 e. The summed E-state index contributed by atoms with van der Waals surface area (Å²) in [5.41, 5.74) is 2.23. The molecule has 204 valence electrons. The van der Waals surface area contributed by atoms with Gasteiger partial charge >= 0.3 is 6.03 Å². The third kappa shape index (κ3) is 5.96. The molecule has 0 atom stereocenters. The van der Waals surface area contributed by atoms with Crippen molar-refractivity contribution in [2.75, 3.05) is 23.9 Å². The van der Waals surface area contributed by atoms with E-state index >= 15 is 0 Å². The molecule has 1 aliphatic heterocycles. The fourth-order valence-electron chi connectivity index (χ4n) is 3.98. The van der Waals surface area contributed by atoms with Crippen molar-refractivity contribution in [3.05, 3.63) is 93.0 Å². The van der Waals surface area contributed by atoms with E-state index in [4.69, 9.17) is 9.47 Å². The summed E-state index contributed by atoms with van der Waals surface area (Å²) < 4.78 is 11.0. The first kappa shape index (κ1) is 27.5. The number of carbonyl (C=O) groups is 4. The van der Waals surface area contributed by atoms with Crippen LogP contribution in [-0.2, 0) is 14.4 Å². The van der Waals surface area contributed by atoms with E-state index in [1.807, 2.05) is 32.0 Å². The second-order valence-corrected chi connectivity index (χ2v) is 8.80. The van der Waals surface area contributed by atoms with Gasteiger partial charge in [-0.3, -0.25) is 29.8 Å². The Kier molecular flexibility index (Phi) is 7.89. The molecule has 3 aromatic rings. The SMILES string of the molecule is COc1cc(/C=C2/C(=O)NC(=O)N(c3cccc([N+](=O)[O-])c3)C2=O)ccc1OCC(=O)Nc1ccc(C)cc1C. The van der Waals surface area contributed by atoms with Gasteiger partial charge in [-0.05, 0) is 55.3 Å². The normalized spacial score (nSPS) is 14.1. The van der Waals surface area contributed by atoms with Gasteiger partial charge in [0.2, 0.25) is 0 Å². The van der Waals surface area contributed by atoms with Crippen LogP contribution in [0.25, 0.3) is 6.08 Å². The van der Waals surface area contributed by atoms with Gasteiger partial charge in [0.15, 0.2) is 18.1 Å². The zero-order chi connectivity index (χ0) is 29.0.